The first-order valence-corrected chi connectivity index (χ1v) is 7.16. The van der Waals surface area contributed by atoms with Gasteiger partial charge in [0.15, 0.2) is 12.1 Å². The molecule has 1 heterocycles. The van der Waals surface area contributed by atoms with E-state index < -0.39 is 5.79 Å². The van der Waals surface area contributed by atoms with Gasteiger partial charge in [-0.05, 0) is 19.9 Å². The van der Waals surface area contributed by atoms with Crippen LogP contribution in [0.3, 0.4) is 0 Å². The van der Waals surface area contributed by atoms with Gasteiger partial charge in [0.2, 0.25) is 0 Å². The number of carbonyl (C=O) groups is 2. The van der Waals surface area contributed by atoms with Gasteiger partial charge in [-0.25, -0.2) is 5.06 Å². The van der Waals surface area contributed by atoms with Gasteiger partial charge < -0.3 is 9.47 Å². The van der Waals surface area contributed by atoms with Crippen LogP contribution >= 0.6 is 0 Å². The van der Waals surface area contributed by atoms with E-state index in [9.17, 15) is 9.59 Å². The first-order chi connectivity index (χ1) is 10.4. The minimum atomic E-state index is -0.568. The molecule has 2 rings (SSSR count). The lowest BCUT2D eigenvalue weighted by Gasteiger charge is -2.35. The van der Waals surface area contributed by atoms with E-state index >= 15 is 0 Å². The SMILES string of the molecule is CN(OCC1COC(C)(C)OC1)C(=O)c1ccccc1C=O. The topological polar surface area (TPSA) is 65.1 Å². The van der Waals surface area contributed by atoms with Gasteiger partial charge in [0.1, 0.15) is 0 Å². The van der Waals surface area contributed by atoms with Crippen LogP contribution in [0.25, 0.3) is 0 Å². The number of carbonyl (C=O) groups excluding carboxylic acids is 2. The molecule has 1 fully saturated rings. The summed E-state index contributed by atoms with van der Waals surface area (Å²) in [6.07, 6.45) is 0.659. The third-order valence-electron chi connectivity index (χ3n) is 3.44. The van der Waals surface area contributed by atoms with Gasteiger partial charge in [-0.15, -0.1) is 0 Å². The lowest BCUT2D eigenvalue weighted by molar-refractivity contribution is -0.273. The Morgan fingerprint density at radius 3 is 2.64 bits per heavy atom. The summed E-state index contributed by atoms with van der Waals surface area (Å²) >= 11 is 0. The third kappa shape index (κ3) is 4.13. The van der Waals surface area contributed by atoms with Crippen LogP contribution in [0.2, 0.25) is 0 Å². The maximum absolute atomic E-state index is 12.3. The number of hydrogen-bond donors (Lipinski definition) is 0. The average Bonchev–Trinajstić information content (AvgIpc) is 2.52. The minimum Gasteiger partial charge on any atom is -0.350 e. The molecular formula is C16H21NO5. The first-order valence-electron chi connectivity index (χ1n) is 7.16. The smallest absolute Gasteiger partial charge is 0.277 e. The zero-order chi connectivity index (χ0) is 16.2. The summed E-state index contributed by atoms with van der Waals surface area (Å²) in [5, 5.41) is 1.14. The molecule has 120 valence electrons. The van der Waals surface area contributed by atoms with E-state index in [-0.39, 0.29) is 11.8 Å². The molecule has 1 aliphatic rings. The summed E-state index contributed by atoms with van der Waals surface area (Å²) in [5.41, 5.74) is 0.659. The molecule has 22 heavy (non-hydrogen) atoms. The van der Waals surface area contributed by atoms with Crippen LogP contribution in [-0.4, -0.2) is 49.9 Å². The van der Waals surface area contributed by atoms with Gasteiger partial charge in [0.05, 0.1) is 25.4 Å². The number of rotatable bonds is 5. The van der Waals surface area contributed by atoms with E-state index in [0.29, 0.717) is 37.2 Å². The normalized spacial score (nSPS) is 18.0. The molecule has 0 radical (unpaired) electrons. The van der Waals surface area contributed by atoms with Crippen molar-refractivity contribution >= 4 is 12.2 Å². The molecule has 6 heteroatoms. The number of ether oxygens (including phenoxy) is 2. The Labute approximate surface area is 129 Å². The highest BCUT2D eigenvalue weighted by Gasteiger charge is 2.29. The summed E-state index contributed by atoms with van der Waals surface area (Å²) in [6, 6.07) is 6.61. The average molecular weight is 307 g/mol. The van der Waals surface area contributed by atoms with Gasteiger partial charge in [-0.1, -0.05) is 18.2 Å². The maximum Gasteiger partial charge on any atom is 0.277 e. The van der Waals surface area contributed by atoms with Gasteiger partial charge in [0.25, 0.3) is 5.91 Å². The number of hydrogen-bond acceptors (Lipinski definition) is 5. The Kier molecular flexibility index (Phi) is 5.28. The minimum absolute atomic E-state index is 0.0598. The van der Waals surface area contributed by atoms with E-state index in [1.165, 1.54) is 7.05 Å². The van der Waals surface area contributed by atoms with Crippen molar-refractivity contribution in [1.82, 2.24) is 5.06 Å². The van der Waals surface area contributed by atoms with Crippen molar-refractivity contribution < 1.29 is 23.9 Å². The lowest BCUT2D eigenvalue weighted by atomic mass is 10.1. The highest BCUT2D eigenvalue weighted by Crippen LogP contribution is 2.21. The van der Waals surface area contributed by atoms with Crippen LogP contribution in [0.4, 0.5) is 0 Å². The fraction of sp³-hybridized carbons (Fsp3) is 0.500. The molecule has 0 aliphatic carbocycles. The van der Waals surface area contributed by atoms with Crippen molar-refractivity contribution in [2.75, 3.05) is 26.9 Å². The summed E-state index contributed by atoms with van der Waals surface area (Å²) < 4.78 is 11.1. The molecule has 1 amide bonds. The van der Waals surface area contributed by atoms with Crippen LogP contribution < -0.4 is 0 Å². The molecule has 0 atom stereocenters. The molecule has 0 aromatic heterocycles. The number of amides is 1. The molecule has 6 nitrogen and oxygen atoms in total. The highest BCUT2D eigenvalue weighted by molar-refractivity contribution is 6.00. The van der Waals surface area contributed by atoms with Crippen molar-refractivity contribution in [3.8, 4) is 0 Å². The molecule has 1 saturated heterocycles. The van der Waals surface area contributed by atoms with Crippen molar-refractivity contribution in [1.29, 1.82) is 0 Å². The number of aldehydes is 1. The van der Waals surface area contributed by atoms with Crippen LogP contribution in [0.1, 0.15) is 34.6 Å². The van der Waals surface area contributed by atoms with Gasteiger partial charge in [-0.3, -0.25) is 14.4 Å². The molecule has 0 spiro atoms. The molecule has 1 aromatic carbocycles. The molecule has 0 unspecified atom stereocenters. The fourth-order valence-electron chi connectivity index (χ4n) is 2.06. The monoisotopic (exact) mass is 307 g/mol. The first kappa shape index (κ1) is 16.6. The Morgan fingerprint density at radius 2 is 2.00 bits per heavy atom. The van der Waals surface area contributed by atoms with E-state index in [2.05, 4.69) is 0 Å². The second-order valence-corrected chi connectivity index (χ2v) is 5.69. The van der Waals surface area contributed by atoms with Crippen molar-refractivity contribution in [3.05, 3.63) is 35.4 Å². The summed E-state index contributed by atoms with van der Waals surface area (Å²) in [5.74, 6) is -0.869. The maximum atomic E-state index is 12.3. The van der Waals surface area contributed by atoms with E-state index in [1.54, 1.807) is 24.3 Å². The van der Waals surface area contributed by atoms with Gasteiger partial charge >= 0.3 is 0 Å². The Balaban J connectivity index is 1.88. The third-order valence-corrected chi connectivity index (χ3v) is 3.44. The van der Waals surface area contributed by atoms with Crippen molar-refractivity contribution in [2.24, 2.45) is 5.92 Å². The predicted octanol–water partition coefficient (Wildman–Crippen LogP) is 1.90. The second kappa shape index (κ2) is 7.00. The zero-order valence-corrected chi connectivity index (χ0v) is 13.1. The number of hydroxylamine groups is 2. The van der Waals surface area contributed by atoms with Crippen LogP contribution in [-0.2, 0) is 14.3 Å². The van der Waals surface area contributed by atoms with Gasteiger partial charge in [0, 0.05) is 18.5 Å². The highest BCUT2D eigenvalue weighted by atomic mass is 16.7. The molecule has 0 N–H and O–H groups in total. The number of benzene rings is 1. The Hall–Kier alpha value is -1.76. The predicted molar refractivity (Wildman–Crippen MR) is 79.3 cm³/mol. The molecular weight excluding hydrogens is 286 g/mol. The number of nitrogens with zero attached hydrogens (tertiary/aromatic N) is 1. The second-order valence-electron chi connectivity index (χ2n) is 5.69. The van der Waals surface area contributed by atoms with Crippen LogP contribution in [0, 0.1) is 5.92 Å². The standard InChI is InChI=1S/C16H21NO5/c1-16(2)20-9-12(10-21-16)11-22-17(3)15(19)14-7-5-4-6-13(14)8-18/h4-8,12H,9-11H2,1-3H3. The van der Waals surface area contributed by atoms with Crippen LogP contribution in [0.15, 0.2) is 24.3 Å². The van der Waals surface area contributed by atoms with E-state index in [0.717, 1.165) is 5.06 Å². The molecule has 0 bridgehead atoms. The lowest BCUT2D eigenvalue weighted by Crippen LogP contribution is -2.42. The van der Waals surface area contributed by atoms with E-state index in [1.807, 2.05) is 13.8 Å². The van der Waals surface area contributed by atoms with E-state index in [4.69, 9.17) is 14.3 Å². The van der Waals surface area contributed by atoms with Crippen molar-refractivity contribution in [3.63, 3.8) is 0 Å². The van der Waals surface area contributed by atoms with Crippen LogP contribution in [0.5, 0.6) is 0 Å². The summed E-state index contributed by atoms with van der Waals surface area (Å²) in [6.45, 7) is 5.05. The summed E-state index contributed by atoms with van der Waals surface area (Å²) in [7, 11) is 1.53. The van der Waals surface area contributed by atoms with Crippen molar-refractivity contribution in [2.45, 2.75) is 19.6 Å². The quantitative estimate of drug-likeness (QED) is 0.614. The zero-order valence-electron chi connectivity index (χ0n) is 13.1. The Bertz CT molecular complexity index is 533. The largest absolute Gasteiger partial charge is 0.350 e. The molecule has 0 saturated carbocycles. The molecule has 1 aliphatic heterocycles. The molecule has 1 aromatic rings. The fourth-order valence-corrected chi connectivity index (χ4v) is 2.06. The van der Waals surface area contributed by atoms with Gasteiger partial charge in [-0.2, -0.15) is 0 Å². The summed E-state index contributed by atoms with van der Waals surface area (Å²) in [4.78, 5) is 28.7. The Morgan fingerprint density at radius 1 is 1.36 bits per heavy atom.